The molecule has 1 saturated carbocycles. The summed E-state index contributed by atoms with van der Waals surface area (Å²) in [5, 5.41) is 2.00. The normalized spacial score (nSPS) is 18.1. The van der Waals surface area contributed by atoms with Crippen LogP contribution in [0, 0.1) is 0 Å². The molecule has 84 valence electrons. The maximum absolute atomic E-state index is 6.35. The van der Waals surface area contributed by atoms with Gasteiger partial charge in [0.2, 0.25) is 0 Å². The number of halogens is 1. The van der Waals surface area contributed by atoms with E-state index >= 15 is 0 Å². The second-order valence-corrected chi connectivity index (χ2v) is 5.07. The standard InChI is InChI=1S/C14H15ClO/c15-13-8-11-6-7-16-14(11)9-12(13)10-4-2-1-3-5-10/h6-10H,1-5H2. The van der Waals surface area contributed by atoms with E-state index in [0.717, 1.165) is 16.0 Å². The predicted octanol–water partition coefficient (Wildman–Crippen LogP) is 5.13. The first kappa shape index (κ1) is 10.2. The largest absolute Gasteiger partial charge is 0.464 e. The van der Waals surface area contributed by atoms with Crippen LogP contribution in [-0.4, -0.2) is 0 Å². The lowest BCUT2D eigenvalue weighted by Crippen LogP contribution is -2.04. The molecule has 0 amide bonds. The van der Waals surface area contributed by atoms with E-state index in [1.807, 2.05) is 12.1 Å². The van der Waals surface area contributed by atoms with Gasteiger partial charge in [-0.1, -0.05) is 30.9 Å². The number of hydrogen-bond donors (Lipinski definition) is 0. The second-order valence-electron chi connectivity index (χ2n) is 4.67. The molecule has 3 rings (SSSR count). The average Bonchev–Trinajstić information content (AvgIpc) is 2.76. The summed E-state index contributed by atoms with van der Waals surface area (Å²) in [6, 6.07) is 6.13. The van der Waals surface area contributed by atoms with Crippen molar-refractivity contribution in [2.75, 3.05) is 0 Å². The zero-order chi connectivity index (χ0) is 11.0. The van der Waals surface area contributed by atoms with Crippen molar-refractivity contribution in [3.63, 3.8) is 0 Å². The molecule has 1 fully saturated rings. The molecule has 16 heavy (non-hydrogen) atoms. The van der Waals surface area contributed by atoms with E-state index in [1.165, 1.54) is 37.7 Å². The second kappa shape index (κ2) is 4.14. The van der Waals surface area contributed by atoms with E-state index in [9.17, 15) is 0 Å². The summed E-state index contributed by atoms with van der Waals surface area (Å²) in [5.41, 5.74) is 2.24. The van der Waals surface area contributed by atoms with Crippen LogP contribution in [0.1, 0.15) is 43.6 Å². The zero-order valence-corrected chi connectivity index (χ0v) is 9.96. The quantitative estimate of drug-likeness (QED) is 0.666. The molecule has 0 spiro atoms. The first-order valence-electron chi connectivity index (χ1n) is 6.01. The highest BCUT2D eigenvalue weighted by Gasteiger charge is 2.19. The van der Waals surface area contributed by atoms with E-state index in [0.29, 0.717) is 5.92 Å². The minimum absolute atomic E-state index is 0.635. The van der Waals surface area contributed by atoms with Gasteiger partial charge in [0.25, 0.3) is 0 Å². The van der Waals surface area contributed by atoms with Crippen molar-refractivity contribution >= 4 is 22.6 Å². The minimum Gasteiger partial charge on any atom is -0.464 e. The van der Waals surface area contributed by atoms with E-state index < -0.39 is 0 Å². The fourth-order valence-electron chi connectivity index (χ4n) is 2.72. The zero-order valence-electron chi connectivity index (χ0n) is 9.21. The van der Waals surface area contributed by atoms with Gasteiger partial charge in [-0.2, -0.15) is 0 Å². The maximum atomic E-state index is 6.35. The van der Waals surface area contributed by atoms with Crippen LogP contribution < -0.4 is 0 Å². The summed E-state index contributed by atoms with van der Waals surface area (Å²) >= 11 is 6.35. The molecule has 2 heteroatoms. The van der Waals surface area contributed by atoms with Crippen molar-refractivity contribution < 1.29 is 4.42 Å². The summed E-state index contributed by atoms with van der Waals surface area (Å²) in [6.45, 7) is 0. The third kappa shape index (κ3) is 1.73. The molecule has 0 bridgehead atoms. The van der Waals surface area contributed by atoms with Gasteiger partial charge in [-0.05, 0) is 42.5 Å². The number of rotatable bonds is 1. The lowest BCUT2D eigenvalue weighted by Gasteiger charge is -2.22. The summed E-state index contributed by atoms with van der Waals surface area (Å²) < 4.78 is 5.45. The number of furan rings is 1. The Labute approximate surface area is 100 Å². The highest BCUT2D eigenvalue weighted by molar-refractivity contribution is 6.32. The Hall–Kier alpha value is -0.950. The summed E-state index contributed by atoms with van der Waals surface area (Å²) in [7, 11) is 0. The van der Waals surface area contributed by atoms with E-state index in [4.69, 9.17) is 16.0 Å². The first-order chi connectivity index (χ1) is 7.84. The minimum atomic E-state index is 0.635. The van der Waals surface area contributed by atoms with E-state index in [-0.39, 0.29) is 0 Å². The van der Waals surface area contributed by atoms with Gasteiger partial charge in [0.05, 0.1) is 6.26 Å². The monoisotopic (exact) mass is 234 g/mol. The molecular weight excluding hydrogens is 220 g/mol. The van der Waals surface area contributed by atoms with Crippen molar-refractivity contribution in [1.29, 1.82) is 0 Å². The number of fused-ring (bicyclic) bond motifs is 1. The molecule has 0 saturated heterocycles. The molecule has 1 heterocycles. The highest BCUT2D eigenvalue weighted by atomic mass is 35.5. The maximum Gasteiger partial charge on any atom is 0.134 e. The van der Waals surface area contributed by atoms with Gasteiger partial charge in [-0.3, -0.25) is 0 Å². The van der Waals surface area contributed by atoms with Gasteiger partial charge in [0.1, 0.15) is 5.58 Å². The summed E-state index contributed by atoms with van der Waals surface area (Å²) in [6.07, 6.45) is 8.30. The molecule has 1 aliphatic carbocycles. The Morgan fingerprint density at radius 2 is 1.94 bits per heavy atom. The topological polar surface area (TPSA) is 13.1 Å². The Balaban J connectivity index is 2.03. The summed E-state index contributed by atoms with van der Waals surface area (Å²) in [5.74, 6) is 0.635. The van der Waals surface area contributed by atoms with Crippen molar-refractivity contribution in [1.82, 2.24) is 0 Å². The van der Waals surface area contributed by atoms with Crippen molar-refractivity contribution in [3.8, 4) is 0 Å². The van der Waals surface area contributed by atoms with E-state index in [2.05, 4.69) is 6.07 Å². The lowest BCUT2D eigenvalue weighted by atomic mass is 9.84. The van der Waals surface area contributed by atoms with Gasteiger partial charge in [0.15, 0.2) is 0 Å². The Morgan fingerprint density at radius 3 is 2.75 bits per heavy atom. The molecule has 0 atom stereocenters. The van der Waals surface area contributed by atoms with Crippen LogP contribution in [0.2, 0.25) is 5.02 Å². The Bertz CT molecular complexity index is 494. The predicted molar refractivity (Wildman–Crippen MR) is 67.1 cm³/mol. The van der Waals surface area contributed by atoms with Crippen LogP contribution in [0.5, 0.6) is 0 Å². The van der Waals surface area contributed by atoms with Crippen LogP contribution >= 0.6 is 11.6 Å². The third-order valence-electron chi connectivity index (χ3n) is 3.62. The van der Waals surface area contributed by atoms with Crippen molar-refractivity contribution in [2.24, 2.45) is 0 Å². The molecule has 0 unspecified atom stereocenters. The Morgan fingerprint density at radius 1 is 1.12 bits per heavy atom. The van der Waals surface area contributed by atoms with Crippen molar-refractivity contribution in [2.45, 2.75) is 38.0 Å². The molecule has 1 nitrogen and oxygen atoms in total. The van der Waals surface area contributed by atoms with Crippen molar-refractivity contribution in [3.05, 3.63) is 35.0 Å². The summed E-state index contributed by atoms with van der Waals surface area (Å²) in [4.78, 5) is 0. The van der Waals surface area contributed by atoms with Crippen LogP contribution in [0.3, 0.4) is 0 Å². The van der Waals surface area contributed by atoms with Gasteiger partial charge >= 0.3 is 0 Å². The van der Waals surface area contributed by atoms with Crippen LogP contribution in [0.25, 0.3) is 11.0 Å². The fourth-order valence-corrected chi connectivity index (χ4v) is 3.05. The highest BCUT2D eigenvalue weighted by Crippen LogP contribution is 2.38. The molecule has 1 aromatic carbocycles. The van der Waals surface area contributed by atoms with Gasteiger partial charge < -0.3 is 4.42 Å². The first-order valence-corrected chi connectivity index (χ1v) is 6.39. The molecule has 1 aromatic heterocycles. The average molecular weight is 235 g/mol. The van der Waals surface area contributed by atoms with Crippen LogP contribution in [0.4, 0.5) is 0 Å². The fraction of sp³-hybridized carbons (Fsp3) is 0.429. The molecule has 2 aromatic rings. The SMILES string of the molecule is Clc1cc2ccoc2cc1C1CCCCC1. The molecule has 1 aliphatic rings. The molecule has 0 N–H and O–H groups in total. The van der Waals surface area contributed by atoms with Crippen LogP contribution in [0.15, 0.2) is 28.9 Å². The molecule has 0 radical (unpaired) electrons. The number of benzene rings is 1. The van der Waals surface area contributed by atoms with E-state index in [1.54, 1.807) is 6.26 Å². The Kier molecular flexibility index (Phi) is 2.64. The lowest BCUT2D eigenvalue weighted by molar-refractivity contribution is 0.443. The molecular formula is C14H15ClO. The smallest absolute Gasteiger partial charge is 0.134 e. The van der Waals surface area contributed by atoms with Gasteiger partial charge in [-0.15, -0.1) is 0 Å². The third-order valence-corrected chi connectivity index (χ3v) is 3.94. The van der Waals surface area contributed by atoms with Gasteiger partial charge in [-0.25, -0.2) is 0 Å². The number of hydrogen-bond acceptors (Lipinski definition) is 1. The van der Waals surface area contributed by atoms with Crippen LogP contribution in [-0.2, 0) is 0 Å². The molecule has 0 aliphatic heterocycles. The van der Waals surface area contributed by atoms with Gasteiger partial charge in [0, 0.05) is 10.4 Å².